The van der Waals surface area contributed by atoms with Crippen molar-refractivity contribution in [3.63, 3.8) is 0 Å². The largest absolute Gasteiger partial charge is 0.493 e. The lowest BCUT2D eigenvalue weighted by Gasteiger charge is -2.24. The monoisotopic (exact) mass is 424 g/mol. The first-order valence-electron chi connectivity index (χ1n) is 10.8. The minimum absolute atomic E-state index is 0.0499. The first-order chi connectivity index (χ1) is 14.4. The smallest absolute Gasteiger partial charge is 0.251 e. The maximum Gasteiger partial charge on any atom is 0.251 e. The van der Waals surface area contributed by atoms with E-state index in [4.69, 9.17) is 4.74 Å². The molecule has 168 valence electrons. The summed E-state index contributed by atoms with van der Waals surface area (Å²) in [6.45, 7) is 14.3. The molecule has 5 heteroatoms. The number of anilines is 1. The summed E-state index contributed by atoms with van der Waals surface area (Å²) < 4.78 is 5.91. The molecule has 0 heterocycles. The van der Waals surface area contributed by atoms with Gasteiger partial charge in [0, 0.05) is 22.2 Å². The Morgan fingerprint density at radius 2 is 1.58 bits per heavy atom. The van der Waals surface area contributed by atoms with Crippen molar-refractivity contribution >= 4 is 17.5 Å². The number of amides is 2. The molecule has 0 saturated carbocycles. The van der Waals surface area contributed by atoms with Crippen LogP contribution in [-0.4, -0.2) is 24.0 Å². The predicted octanol–water partition coefficient (Wildman–Crippen LogP) is 5.66. The van der Waals surface area contributed by atoms with E-state index in [2.05, 4.69) is 22.8 Å². The molecule has 0 aliphatic rings. The van der Waals surface area contributed by atoms with E-state index in [1.54, 1.807) is 24.3 Å². The lowest BCUT2D eigenvalue weighted by molar-refractivity contribution is -0.124. The summed E-state index contributed by atoms with van der Waals surface area (Å²) in [4.78, 5) is 25.0. The molecule has 0 fully saturated rings. The molecule has 0 aliphatic heterocycles. The Bertz CT molecular complexity index is 909. The van der Waals surface area contributed by atoms with Crippen molar-refractivity contribution in [2.75, 3.05) is 11.9 Å². The van der Waals surface area contributed by atoms with Crippen LogP contribution in [-0.2, 0) is 4.79 Å². The van der Waals surface area contributed by atoms with Crippen molar-refractivity contribution in [1.82, 2.24) is 5.32 Å². The standard InChI is InChI=1S/C26H36N2O3/c1-18-9-10-19(2)22(17-18)31-16-8-15-26(6,7)24(30)27-21-13-11-20(12-14-21)23(29)28-25(3,4)5/h9-14,17H,8,15-16H2,1-7H3,(H,27,30)(H,28,29). The van der Waals surface area contributed by atoms with Crippen LogP contribution < -0.4 is 15.4 Å². The summed E-state index contributed by atoms with van der Waals surface area (Å²) in [5.41, 5.74) is 2.69. The number of benzene rings is 2. The molecule has 2 amide bonds. The molecule has 0 atom stereocenters. The summed E-state index contributed by atoms with van der Waals surface area (Å²) in [6, 6.07) is 13.1. The molecule has 0 aliphatic carbocycles. The van der Waals surface area contributed by atoms with E-state index in [-0.39, 0.29) is 17.4 Å². The number of aryl methyl sites for hydroxylation is 2. The number of carbonyl (C=O) groups is 2. The minimum atomic E-state index is -0.534. The molecule has 2 aromatic rings. The number of ether oxygens (including phenoxy) is 1. The van der Waals surface area contributed by atoms with Crippen molar-refractivity contribution < 1.29 is 14.3 Å². The molecule has 0 bridgehead atoms. The van der Waals surface area contributed by atoms with Gasteiger partial charge < -0.3 is 15.4 Å². The van der Waals surface area contributed by atoms with Gasteiger partial charge in [-0.25, -0.2) is 0 Å². The van der Waals surface area contributed by atoms with Crippen molar-refractivity contribution in [2.24, 2.45) is 5.41 Å². The molecular formula is C26H36N2O3. The topological polar surface area (TPSA) is 67.4 Å². The Morgan fingerprint density at radius 3 is 2.19 bits per heavy atom. The quantitative estimate of drug-likeness (QED) is 0.538. The van der Waals surface area contributed by atoms with Gasteiger partial charge in [0.15, 0.2) is 0 Å². The predicted molar refractivity (Wildman–Crippen MR) is 127 cm³/mol. The van der Waals surface area contributed by atoms with Crippen LogP contribution in [0.3, 0.4) is 0 Å². The van der Waals surface area contributed by atoms with Gasteiger partial charge in [-0.05, 0) is 88.9 Å². The lowest BCUT2D eigenvalue weighted by atomic mass is 9.87. The third-order valence-electron chi connectivity index (χ3n) is 5.06. The van der Waals surface area contributed by atoms with E-state index in [1.807, 2.05) is 54.5 Å². The highest BCUT2D eigenvalue weighted by Gasteiger charge is 2.27. The Labute approximate surface area is 186 Å². The second-order valence-electron chi connectivity index (χ2n) is 9.84. The zero-order valence-corrected chi connectivity index (χ0v) is 19.9. The number of hydrogen-bond acceptors (Lipinski definition) is 3. The molecule has 2 rings (SSSR count). The SMILES string of the molecule is Cc1ccc(C)c(OCCCC(C)(C)C(=O)Nc2ccc(C(=O)NC(C)(C)C)cc2)c1. The fraction of sp³-hybridized carbons (Fsp3) is 0.462. The minimum Gasteiger partial charge on any atom is -0.493 e. The molecule has 0 aromatic heterocycles. The van der Waals surface area contributed by atoms with Gasteiger partial charge in [0.25, 0.3) is 5.91 Å². The third-order valence-corrected chi connectivity index (χ3v) is 5.06. The number of carbonyl (C=O) groups excluding carboxylic acids is 2. The maximum absolute atomic E-state index is 12.8. The maximum atomic E-state index is 12.8. The molecule has 0 unspecified atom stereocenters. The van der Waals surface area contributed by atoms with Crippen LogP contribution in [0.15, 0.2) is 42.5 Å². The molecular weight excluding hydrogens is 388 g/mol. The Morgan fingerprint density at radius 1 is 0.935 bits per heavy atom. The average molecular weight is 425 g/mol. The first-order valence-corrected chi connectivity index (χ1v) is 10.8. The van der Waals surface area contributed by atoms with Crippen molar-refractivity contribution in [1.29, 1.82) is 0 Å². The highest BCUT2D eigenvalue weighted by Crippen LogP contribution is 2.26. The summed E-state index contributed by atoms with van der Waals surface area (Å²) in [5, 5.41) is 5.89. The van der Waals surface area contributed by atoms with Crippen LogP contribution in [0, 0.1) is 19.3 Å². The van der Waals surface area contributed by atoms with Gasteiger partial charge in [0.2, 0.25) is 5.91 Å². The summed E-state index contributed by atoms with van der Waals surface area (Å²) in [5.74, 6) is 0.721. The van der Waals surface area contributed by atoms with E-state index < -0.39 is 5.41 Å². The molecule has 0 spiro atoms. The summed E-state index contributed by atoms with van der Waals surface area (Å²) >= 11 is 0. The second-order valence-corrected chi connectivity index (χ2v) is 9.84. The van der Waals surface area contributed by atoms with Gasteiger partial charge in [-0.1, -0.05) is 26.0 Å². The second kappa shape index (κ2) is 9.99. The third kappa shape index (κ3) is 7.74. The van der Waals surface area contributed by atoms with Crippen LogP contribution in [0.5, 0.6) is 5.75 Å². The van der Waals surface area contributed by atoms with Gasteiger partial charge in [0.05, 0.1) is 6.61 Å². The molecule has 2 aromatic carbocycles. The van der Waals surface area contributed by atoms with E-state index in [0.717, 1.165) is 17.7 Å². The molecule has 31 heavy (non-hydrogen) atoms. The van der Waals surface area contributed by atoms with Crippen LogP contribution in [0.1, 0.15) is 68.9 Å². The molecule has 2 N–H and O–H groups in total. The average Bonchev–Trinajstić information content (AvgIpc) is 2.67. The van der Waals surface area contributed by atoms with Crippen LogP contribution in [0.25, 0.3) is 0 Å². The van der Waals surface area contributed by atoms with E-state index in [9.17, 15) is 9.59 Å². The number of rotatable bonds is 8. The first kappa shape index (κ1) is 24.4. The summed E-state index contributed by atoms with van der Waals surface area (Å²) in [7, 11) is 0. The van der Waals surface area contributed by atoms with E-state index in [0.29, 0.717) is 24.3 Å². The van der Waals surface area contributed by atoms with Crippen LogP contribution >= 0.6 is 0 Å². The van der Waals surface area contributed by atoms with Gasteiger partial charge in [-0.2, -0.15) is 0 Å². The number of nitrogens with one attached hydrogen (secondary N) is 2. The molecule has 0 saturated heterocycles. The molecule has 5 nitrogen and oxygen atoms in total. The van der Waals surface area contributed by atoms with Gasteiger partial charge >= 0.3 is 0 Å². The Kier molecular flexibility index (Phi) is 7.88. The zero-order valence-electron chi connectivity index (χ0n) is 19.9. The van der Waals surface area contributed by atoms with E-state index >= 15 is 0 Å². The number of hydrogen-bond donors (Lipinski definition) is 2. The molecule has 0 radical (unpaired) electrons. The highest BCUT2D eigenvalue weighted by atomic mass is 16.5. The van der Waals surface area contributed by atoms with Gasteiger partial charge in [-0.15, -0.1) is 0 Å². The lowest BCUT2D eigenvalue weighted by Crippen LogP contribution is -2.40. The highest BCUT2D eigenvalue weighted by molar-refractivity contribution is 5.97. The van der Waals surface area contributed by atoms with Crippen LogP contribution in [0.4, 0.5) is 5.69 Å². The van der Waals surface area contributed by atoms with E-state index in [1.165, 1.54) is 5.56 Å². The fourth-order valence-electron chi connectivity index (χ4n) is 3.09. The van der Waals surface area contributed by atoms with Crippen molar-refractivity contribution in [3.8, 4) is 5.75 Å². The Hall–Kier alpha value is -2.82. The van der Waals surface area contributed by atoms with Gasteiger partial charge in [-0.3, -0.25) is 9.59 Å². The van der Waals surface area contributed by atoms with Crippen LogP contribution in [0.2, 0.25) is 0 Å². The fourth-order valence-corrected chi connectivity index (χ4v) is 3.09. The van der Waals surface area contributed by atoms with Gasteiger partial charge in [0.1, 0.15) is 5.75 Å². The van der Waals surface area contributed by atoms with Crippen molar-refractivity contribution in [2.45, 2.75) is 66.8 Å². The van der Waals surface area contributed by atoms with Crippen molar-refractivity contribution in [3.05, 3.63) is 59.2 Å². The zero-order chi connectivity index (χ0) is 23.2. The Balaban J connectivity index is 1.86. The normalized spacial score (nSPS) is 11.7. The summed E-state index contributed by atoms with van der Waals surface area (Å²) in [6.07, 6.45) is 1.48.